The molecule has 5 rings (SSSR count). The fourth-order valence-electron chi connectivity index (χ4n) is 5.61. The van der Waals surface area contributed by atoms with Crippen molar-refractivity contribution in [1.82, 2.24) is 5.32 Å². The lowest BCUT2D eigenvalue weighted by atomic mass is 9.79. The van der Waals surface area contributed by atoms with Crippen LogP contribution in [0.25, 0.3) is 0 Å². The number of hydrogen-bond donors (Lipinski definition) is 3. The van der Waals surface area contributed by atoms with E-state index >= 15 is 0 Å². The van der Waals surface area contributed by atoms with Crippen LogP contribution in [0.15, 0.2) is 42.5 Å². The molecule has 2 aliphatic heterocycles. The van der Waals surface area contributed by atoms with Gasteiger partial charge in [0.2, 0.25) is 11.8 Å². The third kappa shape index (κ3) is 4.17. The van der Waals surface area contributed by atoms with Gasteiger partial charge in [-0.15, -0.1) is 0 Å². The van der Waals surface area contributed by atoms with Gasteiger partial charge in [-0.3, -0.25) is 9.59 Å². The number of carbonyl (C=O) groups is 2. The van der Waals surface area contributed by atoms with Gasteiger partial charge in [-0.05, 0) is 60.7 Å². The minimum absolute atomic E-state index is 0.0289. The van der Waals surface area contributed by atoms with Crippen LogP contribution in [0.2, 0.25) is 0 Å². The Bertz CT molecular complexity index is 1060. The molecule has 0 bridgehead atoms. The second kappa shape index (κ2) is 8.71. The third-order valence-corrected chi connectivity index (χ3v) is 7.36. The quantitative estimate of drug-likeness (QED) is 0.655. The largest absolute Gasteiger partial charge is 0.378 e. The van der Waals surface area contributed by atoms with Crippen molar-refractivity contribution in [2.24, 2.45) is 17.6 Å². The number of fused-ring (bicyclic) bond motifs is 1. The van der Waals surface area contributed by atoms with Gasteiger partial charge in [0.1, 0.15) is 0 Å². The summed E-state index contributed by atoms with van der Waals surface area (Å²) in [7, 11) is 0. The van der Waals surface area contributed by atoms with E-state index in [9.17, 15) is 9.59 Å². The number of primary amides is 1. The lowest BCUT2D eigenvalue weighted by Crippen LogP contribution is -2.51. The Hall–Kier alpha value is -3.06. The van der Waals surface area contributed by atoms with Crippen LogP contribution < -0.4 is 26.2 Å². The summed E-state index contributed by atoms with van der Waals surface area (Å²) >= 11 is 0. The first-order chi connectivity index (χ1) is 15.9. The predicted molar refractivity (Wildman–Crippen MR) is 132 cm³/mol. The molecule has 7 heteroatoms. The van der Waals surface area contributed by atoms with Gasteiger partial charge in [-0.1, -0.05) is 13.0 Å². The summed E-state index contributed by atoms with van der Waals surface area (Å²) in [6.07, 6.45) is 2.30. The Labute approximate surface area is 195 Å². The molecular weight excluding hydrogens is 414 g/mol. The van der Waals surface area contributed by atoms with Gasteiger partial charge < -0.3 is 26.2 Å². The van der Waals surface area contributed by atoms with E-state index in [0.29, 0.717) is 11.5 Å². The number of nitrogens with one attached hydrogen (secondary N) is 2. The van der Waals surface area contributed by atoms with E-state index in [2.05, 4.69) is 46.7 Å². The standard InChI is InChI=1S/C26H33N5O2/c1-16-24(29-20-4-3-5-21(15-20)30-12-10-28-11-13-30)22-14-19(26(27)33)8-9-23(22)31(17(2)32)25(16)18-6-7-18/h3-5,8-9,14-16,18,24-25,28-29H,6-7,10-13H2,1-2H3,(H2,27,33)/t16-,24-,25-/m1/s1. The summed E-state index contributed by atoms with van der Waals surface area (Å²) in [4.78, 5) is 29.1. The summed E-state index contributed by atoms with van der Waals surface area (Å²) in [5, 5.41) is 7.18. The van der Waals surface area contributed by atoms with Crippen LogP contribution in [0.4, 0.5) is 17.1 Å². The molecule has 0 aromatic heterocycles. The second-order valence-electron chi connectivity index (χ2n) is 9.62. The van der Waals surface area contributed by atoms with Gasteiger partial charge in [-0.25, -0.2) is 0 Å². The average Bonchev–Trinajstić information content (AvgIpc) is 3.66. The van der Waals surface area contributed by atoms with Crippen LogP contribution in [-0.4, -0.2) is 44.0 Å². The zero-order chi connectivity index (χ0) is 23.1. The van der Waals surface area contributed by atoms with Crippen LogP contribution in [0.3, 0.4) is 0 Å². The Kier molecular flexibility index (Phi) is 5.74. The molecule has 33 heavy (non-hydrogen) atoms. The van der Waals surface area contributed by atoms with Crippen LogP contribution in [0.5, 0.6) is 0 Å². The molecule has 2 fully saturated rings. The van der Waals surface area contributed by atoms with Crippen LogP contribution in [-0.2, 0) is 4.79 Å². The summed E-state index contributed by atoms with van der Waals surface area (Å²) in [5.74, 6) is 0.291. The molecular formula is C26H33N5O2. The van der Waals surface area contributed by atoms with Crippen LogP contribution >= 0.6 is 0 Å². The van der Waals surface area contributed by atoms with Gasteiger partial charge >= 0.3 is 0 Å². The molecule has 0 unspecified atom stereocenters. The van der Waals surface area contributed by atoms with Crippen molar-refractivity contribution in [1.29, 1.82) is 0 Å². The highest BCUT2D eigenvalue weighted by molar-refractivity contribution is 5.97. The molecule has 7 nitrogen and oxygen atoms in total. The Morgan fingerprint density at radius 3 is 2.52 bits per heavy atom. The zero-order valence-corrected chi connectivity index (χ0v) is 19.4. The van der Waals surface area contributed by atoms with Gasteiger partial charge in [0.15, 0.2) is 0 Å². The summed E-state index contributed by atoms with van der Waals surface area (Å²) in [5.41, 5.74) is 10.2. The molecule has 3 atom stereocenters. The lowest BCUT2D eigenvalue weighted by Gasteiger charge is -2.46. The highest BCUT2D eigenvalue weighted by Gasteiger charge is 2.47. The summed E-state index contributed by atoms with van der Waals surface area (Å²) < 4.78 is 0. The van der Waals surface area contributed by atoms with Crippen molar-refractivity contribution in [3.63, 3.8) is 0 Å². The lowest BCUT2D eigenvalue weighted by molar-refractivity contribution is -0.117. The van der Waals surface area contributed by atoms with E-state index in [1.54, 1.807) is 13.0 Å². The predicted octanol–water partition coefficient (Wildman–Crippen LogP) is 3.13. The molecule has 0 radical (unpaired) electrons. The van der Waals surface area contributed by atoms with Crippen LogP contribution in [0, 0.1) is 11.8 Å². The Balaban J connectivity index is 1.53. The minimum atomic E-state index is -0.455. The fourth-order valence-corrected chi connectivity index (χ4v) is 5.61. The third-order valence-electron chi connectivity index (χ3n) is 7.36. The number of anilines is 3. The molecule has 2 amide bonds. The topological polar surface area (TPSA) is 90.7 Å². The van der Waals surface area contributed by atoms with Crippen LogP contribution in [0.1, 0.15) is 48.7 Å². The molecule has 4 N–H and O–H groups in total. The van der Waals surface area contributed by atoms with E-state index < -0.39 is 5.91 Å². The molecule has 1 aliphatic carbocycles. The number of piperazine rings is 1. The van der Waals surface area contributed by atoms with Crippen molar-refractivity contribution in [2.75, 3.05) is 41.3 Å². The number of rotatable bonds is 5. The molecule has 2 heterocycles. The first kappa shape index (κ1) is 21.8. The van der Waals surface area contributed by atoms with E-state index in [-0.39, 0.29) is 23.9 Å². The van der Waals surface area contributed by atoms with Crippen molar-refractivity contribution in [3.8, 4) is 0 Å². The highest BCUT2D eigenvalue weighted by Crippen LogP contribution is 2.50. The number of amides is 2. The Morgan fingerprint density at radius 2 is 1.85 bits per heavy atom. The maximum Gasteiger partial charge on any atom is 0.248 e. The highest BCUT2D eigenvalue weighted by atomic mass is 16.2. The maximum atomic E-state index is 12.8. The van der Waals surface area contributed by atoms with Gasteiger partial charge in [0.05, 0.1) is 6.04 Å². The number of hydrogen-bond acceptors (Lipinski definition) is 5. The number of carbonyl (C=O) groups excluding carboxylic acids is 2. The fraction of sp³-hybridized carbons (Fsp3) is 0.462. The molecule has 2 aromatic rings. The number of nitrogens with two attached hydrogens (primary N) is 1. The van der Waals surface area contributed by atoms with E-state index in [4.69, 9.17) is 5.73 Å². The summed E-state index contributed by atoms with van der Waals surface area (Å²) in [6.45, 7) is 7.82. The Morgan fingerprint density at radius 1 is 1.09 bits per heavy atom. The van der Waals surface area contributed by atoms with Crippen molar-refractivity contribution >= 4 is 28.9 Å². The average molecular weight is 448 g/mol. The first-order valence-electron chi connectivity index (χ1n) is 12.0. The molecule has 1 saturated carbocycles. The summed E-state index contributed by atoms with van der Waals surface area (Å²) in [6, 6.07) is 14.2. The second-order valence-corrected chi connectivity index (χ2v) is 9.62. The minimum Gasteiger partial charge on any atom is -0.378 e. The molecule has 174 valence electrons. The monoisotopic (exact) mass is 447 g/mol. The van der Waals surface area contributed by atoms with Gasteiger partial charge in [0.25, 0.3) is 0 Å². The van der Waals surface area contributed by atoms with Gasteiger partial charge in [0, 0.05) is 67.7 Å². The number of benzene rings is 2. The van der Waals surface area contributed by atoms with E-state index in [1.165, 1.54) is 5.69 Å². The molecule has 2 aromatic carbocycles. The van der Waals surface area contributed by atoms with Crippen molar-refractivity contribution < 1.29 is 9.59 Å². The maximum absolute atomic E-state index is 12.8. The van der Waals surface area contributed by atoms with E-state index in [1.807, 2.05) is 17.0 Å². The van der Waals surface area contributed by atoms with Gasteiger partial charge in [-0.2, -0.15) is 0 Å². The first-order valence-corrected chi connectivity index (χ1v) is 12.0. The molecule has 3 aliphatic rings. The SMILES string of the molecule is CC(=O)N1c2ccc(C(N)=O)cc2[C@H](Nc2cccc(N3CCNCC3)c2)[C@@H](C)[C@@H]1C1CC1. The smallest absolute Gasteiger partial charge is 0.248 e. The molecule has 1 saturated heterocycles. The van der Waals surface area contributed by atoms with Crippen molar-refractivity contribution in [3.05, 3.63) is 53.6 Å². The normalized spacial score (nSPS) is 24.8. The van der Waals surface area contributed by atoms with Crippen molar-refractivity contribution in [2.45, 2.75) is 38.8 Å². The zero-order valence-electron chi connectivity index (χ0n) is 19.4. The number of nitrogens with zero attached hydrogens (tertiary/aromatic N) is 2. The molecule has 0 spiro atoms. The van der Waals surface area contributed by atoms with E-state index in [0.717, 1.165) is 56.0 Å².